The molecule has 1 aliphatic carbocycles. The van der Waals surface area contributed by atoms with E-state index in [0.29, 0.717) is 22.9 Å². The van der Waals surface area contributed by atoms with Crippen LogP contribution in [0, 0.1) is 5.92 Å². The molecule has 2 amide bonds. The summed E-state index contributed by atoms with van der Waals surface area (Å²) < 4.78 is 0. The Bertz CT molecular complexity index is 519. The Labute approximate surface area is 135 Å². The van der Waals surface area contributed by atoms with Crippen molar-refractivity contribution in [1.82, 2.24) is 5.32 Å². The Morgan fingerprint density at radius 1 is 1.29 bits per heavy atom. The molecule has 1 aromatic rings. The van der Waals surface area contributed by atoms with Crippen LogP contribution in [0.25, 0.3) is 0 Å². The van der Waals surface area contributed by atoms with Gasteiger partial charge in [-0.2, -0.15) is 0 Å². The molecule has 0 radical (unpaired) electrons. The molecule has 1 fully saturated rings. The van der Waals surface area contributed by atoms with E-state index >= 15 is 0 Å². The highest BCUT2D eigenvalue weighted by Gasteiger charge is 2.20. The largest absolute Gasteiger partial charge is 0.325 e. The average molecular weight is 332 g/mol. The van der Waals surface area contributed by atoms with Gasteiger partial charge in [0.1, 0.15) is 0 Å². The monoisotopic (exact) mass is 331 g/mol. The normalized spacial score (nSPS) is 13.2. The van der Waals surface area contributed by atoms with Crippen LogP contribution in [0.5, 0.6) is 0 Å². The van der Waals surface area contributed by atoms with Crippen molar-refractivity contribution in [2.24, 2.45) is 5.92 Å². The van der Waals surface area contributed by atoms with E-state index in [4.69, 9.17) is 11.6 Å². The molecule has 0 heterocycles. The van der Waals surface area contributed by atoms with Crippen LogP contribution in [0.2, 0.25) is 5.02 Å². The lowest BCUT2D eigenvalue weighted by molar-refractivity contribution is -0.115. The molecule has 1 saturated carbocycles. The fraction of sp³-hybridized carbons (Fsp3) is 0.429. The lowest BCUT2D eigenvalue weighted by Gasteiger charge is -2.09. The molecular formula is C14H19Cl2N3O2. The summed E-state index contributed by atoms with van der Waals surface area (Å²) in [4.78, 5) is 22.7. The number of halogens is 2. The molecule has 116 valence electrons. The van der Waals surface area contributed by atoms with E-state index in [-0.39, 0.29) is 24.2 Å². The number of benzene rings is 1. The topological polar surface area (TPSA) is 70.2 Å². The van der Waals surface area contributed by atoms with E-state index in [9.17, 15) is 9.59 Å². The summed E-state index contributed by atoms with van der Waals surface area (Å²) in [6, 6.07) is 4.98. The van der Waals surface area contributed by atoms with Crippen LogP contribution in [-0.2, 0) is 9.59 Å². The van der Waals surface area contributed by atoms with Gasteiger partial charge in [-0.25, -0.2) is 0 Å². The zero-order chi connectivity index (χ0) is 14.5. The van der Waals surface area contributed by atoms with E-state index in [1.165, 1.54) is 19.8 Å². The predicted molar refractivity (Wildman–Crippen MR) is 87.2 cm³/mol. The fourth-order valence-electron chi connectivity index (χ4n) is 1.80. The summed E-state index contributed by atoms with van der Waals surface area (Å²) in [5.74, 6) is 0.455. The third-order valence-electron chi connectivity index (χ3n) is 2.98. The van der Waals surface area contributed by atoms with Gasteiger partial charge in [0.25, 0.3) is 0 Å². The van der Waals surface area contributed by atoms with Crippen LogP contribution in [-0.4, -0.2) is 24.9 Å². The molecule has 2 rings (SSSR count). The Balaban J connectivity index is 0.00000220. The summed E-state index contributed by atoms with van der Waals surface area (Å²) in [5.41, 5.74) is 1.14. The number of carbonyl (C=O) groups excluding carboxylic acids is 2. The molecule has 1 aromatic carbocycles. The summed E-state index contributed by atoms with van der Waals surface area (Å²) in [6.07, 6.45) is 2.52. The molecule has 0 aromatic heterocycles. The molecule has 1 aliphatic rings. The average Bonchev–Trinajstić information content (AvgIpc) is 3.16. The minimum atomic E-state index is -0.187. The molecule has 0 bridgehead atoms. The molecule has 0 saturated heterocycles. The van der Waals surface area contributed by atoms with Crippen molar-refractivity contribution in [2.45, 2.75) is 19.8 Å². The Hall–Kier alpha value is -1.30. The molecule has 3 N–H and O–H groups in total. The Kier molecular flexibility index (Phi) is 6.95. The van der Waals surface area contributed by atoms with E-state index in [1.54, 1.807) is 18.2 Å². The zero-order valence-electron chi connectivity index (χ0n) is 11.7. The second-order valence-electron chi connectivity index (χ2n) is 5.00. The first kappa shape index (κ1) is 17.8. The maximum Gasteiger partial charge on any atom is 0.238 e. The van der Waals surface area contributed by atoms with Gasteiger partial charge in [-0.15, -0.1) is 12.4 Å². The number of hydrogen-bond donors (Lipinski definition) is 3. The summed E-state index contributed by atoms with van der Waals surface area (Å²) >= 11 is 6.03. The molecule has 7 heteroatoms. The molecular weight excluding hydrogens is 313 g/mol. The number of nitrogens with one attached hydrogen (secondary N) is 3. The van der Waals surface area contributed by atoms with Crippen molar-refractivity contribution in [2.75, 3.05) is 23.7 Å². The van der Waals surface area contributed by atoms with E-state index in [1.807, 2.05) is 0 Å². The van der Waals surface area contributed by atoms with Gasteiger partial charge >= 0.3 is 0 Å². The first-order chi connectivity index (χ1) is 9.54. The van der Waals surface area contributed by atoms with Gasteiger partial charge in [-0.3, -0.25) is 9.59 Å². The molecule has 5 nitrogen and oxygen atoms in total. The highest BCUT2D eigenvalue weighted by atomic mass is 35.5. The first-order valence-electron chi connectivity index (χ1n) is 6.62. The zero-order valence-corrected chi connectivity index (χ0v) is 13.3. The van der Waals surface area contributed by atoms with Crippen molar-refractivity contribution in [1.29, 1.82) is 0 Å². The lowest BCUT2D eigenvalue weighted by atomic mass is 10.2. The van der Waals surface area contributed by atoms with Crippen LogP contribution in [0.1, 0.15) is 19.8 Å². The van der Waals surface area contributed by atoms with Crippen LogP contribution in [0.3, 0.4) is 0 Å². The van der Waals surface area contributed by atoms with Crippen molar-refractivity contribution in [3.8, 4) is 0 Å². The van der Waals surface area contributed by atoms with Gasteiger partial charge in [0.15, 0.2) is 0 Å². The third kappa shape index (κ3) is 6.33. The number of rotatable bonds is 6. The number of anilines is 2. The van der Waals surface area contributed by atoms with E-state index in [0.717, 1.165) is 12.5 Å². The van der Waals surface area contributed by atoms with Crippen molar-refractivity contribution >= 4 is 47.2 Å². The maximum atomic E-state index is 11.7. The SMILES string of the molecule is CC(=O)Nc1ccc(NC(=O)CNCC2CC2)cc1Cl.Cl. The number of carbonyl (C=O) groups is 2. The van der Waals surface area contributed by atoms with Crippen molar-refractivity contribution in [3.63, 3.8) is 0 Å². The smallest absolute Gasteiger partial charge is 0.238 e. The van der Waals surface area contributed by atoms with Gasteiger partial charge in [-0.05, 0) is 43.5 Å². The molecule has 0 aliphatic heterocycles. The van der Waals surface area contributed by atoms with E-state index < -0.39 is 0 Å². The second kappa shape index (κ2) is 8.22. The van der Waals surface area contributed by atoms with Gasteiger partial charge in [-0.1, -0.05) is 11.6 Å². The lowest BCUT2D eigenvalue weighted by Crippen LogP contribution is -2.29. The molecule has 0 atom stereocenters. The van der Waals surface area contributed by atoms with E-state index in [2.05, 4.69) is 16.0 Å². The summed E-state index contributed by atoms with van der Waals surface area (Å²) in [6.45, 7) is 2.61. The maximum absolute atomic E-state index is 11.7. The second-order valence-corrected chi connectivity index (χ2v) is 5.41. The fourth-order valence-corrected chi connectivity index (χ4v) is 2.03. The number of hydrogen-bond acceptors (Lipinski definition) is 3. The predicted octanol–water partition coefficient (Wildman–Crippen LogP) is 2.66. The highest BCUT2D eigenvalue weighted by Crippen LogP contribution is 2.27. The highest BCUT2D eigenvalue weighted by molar-refractivity contribution is 6.34. The van der Waals surface area contributed by atoms with Gasteiger partial charge in [0.05, 0.1) is 17.3 Å². The molecule has 0 spiro atoms. The quantitative estimate of drug-likeness (QED) is 0.750. The van der Waals surface area contributed by atoms with Crippen molar-refractivity contribution in [3.05, 3.63) is 23.2 Å². The van der Waals surface area contributed by atoms with Gasteiger partial charge in [0.2, 0.25) is 11.8 Å². The Morgan fingerprint density at radius 2 is 2.00 bits per heavy atom. The minimum absolute atomic E-state index is 0. The molecule has 21 heavy (non-hydrogen) atoms. The third-order valence-corrected chi connectivity index (χ3v) is 3.29. The Morgan fingerprint density at radius 3 is 2.57 bits per heavy atom. The van der Waals surface area contributed by atoms with Gasteiger partial charge < -0.3 is 16.0 Å². The van der Waals surface area contributed by atoms with Crippen LogP contribution in [0.4, 0.5) is 11.4 Å². The summed E-state index contributed by atoms with van der Waals surface area (Å²) in [7, 11) is 0. The minimum Gasteiger partial charge on any atom is -0.325 e. The van der Waals surface area contributed by atoms with Crippen LogP contribution in [0.15, 0.2) is 18.2 Å². The van der Waals surface area contributed by atoms with Gasteiger partial charge in [0, 0.05) is 12.6 Å². The standard InChI is InChI=1S/C14H18ClN3O2.ClH/c1-9(19)17-13-5-4-11(6-12(13)15)18-14(20)8-16-7-10-2-3-10;/h4-6,10,16H,2-3,7-8H2,1H3,(H,17,19)(H,18,20);1H. The molecule has 0 unspecified atom stereocenters. The number of amides is 2. The summed E-state index contributed by atoms with van der Waals surface area (Å²) in [5, 5.41) is 8.88. The van der Waals surface area contributed by atoms with Crippen molar-refractivity contribution < 1.29 is 9.59 Å². The van der Waals surface area contributed by atoms with Crippen LogP contribution >= 0.6 is 24.0 Å². The first-order valence-corrected chi connectivity index (χ1v) is 7.00. The van der Waals surface area contributed by atoms with Crippen LogP contribution < -0.4 is 16.0 Å².